The van der Waals surface area contributed by atoms with E-state index in [9.17, 15) is 31.1 Å². The fraction of sp³-hybridized carbons (Fsp3) is 0.391. The largest absolute Gasteiger partial charge is 0.492 e. The Morgan fingerprint density at radius 3 is 2.34 bits per heavy atom. The second-order valence-electron chi connectivity index (χ2n) is 8.30. The van der Waals surface area contributed by atoms with E-state index >= 15 is 0 Å². The Balaban J connectivity index is 1.73. The summed E-state index contributed by atoms with van der Waals surface area (Å²) < 4.78 is 86.7. The second kappa shape index (κ2) is 10.0. The average molecular weight is 500 g/mol. The average Bonchev–Trinajstić information content (AvgIpc) is 3.22. The Labute approximate surface area is 197 Å². The number of nitrogens with zero attached hydrogens (tertiary/aromatic N) is 2. The standard InChI is InChI=1S/C23H22F6N4O2/c1-33(2)21(34)32-15-5-7-17(8-6-15)35-12-16-10-18(20(31-16)23(27,28)29)13-3-4-14(11-30)19(9-13)22(24,25)26/h3-9,16,18,20,31H,10,12H2,1-2H3,(H,32,34)/t16-,18?,20+/m0/s1. The normalized spacial score (nSPS) is 20.3. The number of benzene rings is 2. The molecule has 188 valence electrons. The quantitative estimate of drug-likeness (QED) is 0.559. The molecular formula is C23H22F6N4O2. The molecule has 1 fully saturated rings. The molecule has 35 heavy (non-hydrogen) atoms. The zero-order valence-electron chi connectivity index (χ0n) is 18.7. The van der Waals surface area contributed by atoms with E-state index in [0.29, 0.717) is 17.5 Å². The van der Waals surface area contributed by atoms with Crippen molar-refractivity contribution in [1.82, 2.24) is 10.2 Å². The van der Waals surface area contributed by atoms with Crippen LogP contribution in [0.2, 0.25) is 0 Å². The highest BCUT2D eigenvalue weighted by molar-refractivity contribution is 5.88. The van der Waals surface area contributed by atoms with Gasteiger partial charge in [-0.15, -0.1) is 0 Å². The molecule has 1 saturated heterocycles. The molecule has 2 N–H and O–H groups in total. The van der Waals surface area contributed by atoms with E-state index in [4.69, 9.17) is 10.00 Å². The molecule has 2 amide bonds. The second-order valence-corrected chi connectivity index (χ2v) is 8.30. The molecule has 1 unspecified atom stereocenters. The molecule has 6 nitrogen and oxygen atoms in total. The molecule has 0 aromatic heterocycles. The van der Waals surface area contributed by atoms with Gasteiger partial charge in [-0.1, -0.05) is 6.07 Å². The van der Waals surface area contributed by atoms with E-state index in [-0.39, 0.29) is 24.6 Å². The van der Waals surface area contributed by atoms with Crippen LogP contribution in [0.4, 0.5) is 36.8 Å². The predicted octanol–water partition coefficient (Wildman–Crippen LogP) is 5.13. The molecule has 0 bridgehead atoms. The van der Waals surface area contributed by atoms with Crippen LogP contribution in [0.1, 0.15) is 29.0 Å². The molecule has 1 aliphatic heterocycles. The smallest absolute Gasteiger partial charge is 0.417 e. The molecule has 3 atom stereocenters. The van der Waals surface area contributed by atoms with Gasteiger partial charge in [0.1, 0.15) is 18.4 Å². The summed E-state index contributed by atoms with van der Waals surface area (Å²) in [6, 6.07) is 7.07. The first kappa shape index (κ1) is 26.2. The monoisotopic (exact) mass is 500 g/mol. The summed E-state index contributed by atoms with van der Waals surface area (Å²) in [7, 11) is 3.15. The van der Waals surface area contributed by atoms with Gasteiger partial charge in [-0.05, 0) is 48.4 Å². The minimum Gasteiger partial charge on any atom is -0.492 e. The molecule has 0 aliphatic carbocycles. The number of anilines is 1. The first-order valence-electron chi connectivity index (χ1n) is 10.4. The molecule has 2 aromatic rings. The molecular weight excluding hydrogens is 478 g/mol. The summed E-state index contributed by atoms with van der Waals surface area (Å²) >= 11 is 0. The van der Waals surface area contributed by atoms with E-state index in [1.807, 2.05) is 0 Å². The minimum atomic E-state index is -4.87. The molecule has 1 heterocycles. The van der Waals surface area contributed by atoms with Crippen molar-refractivity contribution in [2.75, 3.05) is 26.0 Å². The summed E-state index contributed by atoms with van der Waals surface area (Å²) in [6.45, 7) is -0.158. The van der Waals surface area contributed by atoms with Crippen LogP contribution in [0.25, 0.3) is 0 Å². The lowest BCUT2D eigenvalue weighted by molar-refractivity contribution is -0.156. The Kier molecular flexibility index (Phi) is 7.50. The first-order valence-corrected chi connectivity index (χ1v) is 10.4. The maximum absolute atomic E-state index is 13.7. The maximum Gasteiger partial charge on any atom is 0.417 e. The van der Waals surface area contributed by atoms with Crippen molar-refractivity contribution in [2.24, 2.45) is 0 Å². The van der Waals surface area contributed by atoms with Crippen LogP contribution in [-0.2, 0) is 6.18 Å². The summed E-state index contributed by atoms with van der Waals surface area (Å²) in [5.41, 5.74) is -1.58. The van der Waals surface area contributed by atoms with Gasteiger partial charge in [-0.3, -0.25) is 5.32 Å². The lowest BCUT2D eigenvalue weighted by Gasteiger charge is -2.23. The molecule has 0 saturated carbocycles. The number of hydrogen-bond acceptors (Lipinski definition) is 4. The number of carbonyl (C=O) groups is 1. The van der Waals surface area contributed by atoms with Gasteiger partial charge >= 0.3 is 18.4 Å². The number of ether oxygens (including phenoxy) is 1. The highest BCUT2D eigenvalue weighted by Gasteiger charge is 2.51. The summed E-state index contributed by atoms with van der Waals surface area (Å²) in [5, 5.41) is 14.0. The fourth-order valence-electron chi connectivity index (χ4n) is 3.84. The van der Waals surface area contributed by atoms with E-state index in [2.05, 4.69) is 10.6 Å². The van der Waals surface area contributed by atoms with E-state index < -0.39 is 41.5 Å². The molecule has 1 aliphatic rings. The van der Waals surface area contributed by atoms with Crippen molar-refractivity contribution in [1.29, 1.82) is 5.26 Å². The predicted molar refractivity (Wildman–Crippen MR) is 115 cm³/mol. The lowest BCUT2D eigenvalue weighted by atomic mass is 9.88. The Morgan fingerprint density at radius 1 is 1.14 bits per heavy atom. The molecule has 0 spiro atoms. The van der Waals surface area contributed by atoms with Crippen LogP contribution >= 0.6 is 0 Å². The number of alkyl halides is 6. The van der Waals surface area contributed by atoms with Crippen molar-refractivity contribution >= 4 is 11.7 Å². The Hall–Kier alpha value is -3.46. The number of rotatable bonds is 5. The van der Waals surface area contributed by atoms with Crippen molar-refractivity contribution in [3.8, 4) is 11.8 Å². The molecule has 12 heteroatoms. The number of halogens is 6. The van der Waals surface area contributed by atoms with Crippen molar-refractivity contribution in [3.63, 3.8) is 0 Å². The number of amides is 2. The van der Waals surface area contributed by atoms with Crippen LogP contribution in [0.3, 0.4) is 0 Å². The summed E-state index contributed by atoms with van der Waals surface area (Å²) in [4.78, 5) is 13.0. The third-order valence-electron chi connectivity index (χ3n) is 5.57. The third-order valence-corrected chi connectivity index (χ3v) is 5.57. The third kappa shape index (κ3) is 6.36. The molecule has 0 radical (unpaired) electrons. The fourth-order valence-corrected chi connectivity index (χ4v) is 3.84. The summed E-state index contributed by atoms with van der Waals surface area (Å²) in [5.74, 6) is -0.944. The zero-order chi connectivity index (χ0) is 26.0. The highest BCUT2D eigenvalue weighted by Crippen LogP contribution is 2.42. The topological polar surface area (TPSA) is 77.4 Å². The SMILES string of the molecule is CN(C)C(=O)Nc1ccc(OC[C@@H]2CC(c3ccc(C#N)c(C(F)(F)F)c3)[C@H](C(F)(F)F)N2)cc1. The number of nitriles is 1. The van der Waals surface area contributed by atoms with Gasteiger partial charge in [0, 0.05) is 31.7 Å². The van der Waals surface area contributed by atoms with Crippen LogP contribution in [-0.4, -0.2) is 49.9 Å². The van der Waals surface area contributed by atoms with Crippen molar-refractivity contribution in [3.05, 3.63) is 59.2 Å². The van der Waals surface area contributed by atoms with Gasteiger partial charge in [0.05, 0.1) is 17.2 Å². The summed E-state index contributed by atoms with van der Waals surface area (Å²) in [6.07, 6.45) is -9.70. The molecule has 3 rings (SSSR count). The lowest BCUT2D eigenvalue weighted by Crippen LogP contribution is -2.44. The van der Waals surface area contributed by atoms with Crippen LogP contribution in [0, 0.1) is 11.3 Å². The van der Waals surface area contributed by atoms with Gasteiger partial charge < -0.3 is 15.0 Å². The van der Waals surface area contributed by atoms with Crippen LogP contribution < -0.4 is 15.4 Å². The number of hydrogen-bond donors (Lipinski definition) is 2. The number of nitrogens with one attached hydrogen (secondary N) is 2. The van der Waals surface area contributed by atoms with Crippen LogP contribution in [0.15, 0.2) is 42.5 Å². The van der Waals surface area contributed by atoms with Crippen molar-refractivity contribution < 1.29 is 35.9 Å². The Morgan fingerprint density at radius 2 is 1.80 bits per heavy atom. The van der Waals surface area contributed by atoms with Gasteiger partial charge in [-0.2, -0.15) is 31.6 Å². The van der Waals surface area contributed by atoms with Gasteiger partial charge in [0.15, 0.2) is 0 Å². The van der Waals surface area contributed by atoms with E-state index in [0.717, 1.165) is 12.1 Å². The van der Waals surface area contributed by atoms with Crippen LogP contribution in [0.5, 0.6) is 5.75 Å². The van der Waals surface area contributed by atoms with Crippen molar-refractivity contribution in [2.45, 2.75) is 36.8 Å². The minimum absolute atomic E-state index is 0.121. The molecule has 2 aromatic carbocycles. The zero-order valence-corrected chi connectivity index (χ0v) is 18.7. The Bertz CT molecular complexity index is 1090. The number of carbonyl (C=O) groups excluding carboxylic acids is 1. The first-order chi connectivity index (χ1) is 16.3. The van der Waals surface area contributed by atoms with Gasteiger partial charge in [-0.25, -0.2) is 4.79 Å². The van der Waals surface area contributed by atoms with Gasteiger partial charge in [0.2, 0.25) is 0 Å². The van der Waals surface area contributed by atoms with Gasteiger partial charge in [0.25, 0.3) is 0 Å². The van der Waals surface area contributed by atoms with E-state index in [1.165, 1.54) is 23.1 Å². The highest BCUT2D eigenvalue weighted by atomic mass is 19.4. The number of urea groups is 1. The van der Waals surface area contributed by atoms with E-state index in [1.54, 1.807) is 26.2 Å². The maximum atomic E-state index is 13.7.